The van der Waals surface area contributed by atoms with Gasteiger partial charge in [-0.25, -0.2) is 0 Å². The molecular formula is C11H25NO. The molecule has 0 amide bonds. The monoisotopic (exact) mass is 187 g/mol. The minimum atomic E-state index is 0.692. The lowest BCUT2D eigenvalue weighted by Crippen LogP contribution is -2.28. The zero-order valence-corrected chi connectivity index (χ0v) is 9.60. The summed E-state index contributed by atoms with van der Waals surface area (Å²) in [5.74, 6) is 0.692. The molecule has 0 fully saturated rings. The highest BCUT2D eigenvalue weighted by Crippen LogP contribution is 2.09. The largest absolute Gasteiger partial charge is 0.384 e. The minimum Gasteiger partial charge on any atom is -0.384 e. The van der Waals surface area contributed by atoms with Crippen LogP contribution in [0.5, 0.6) is 0 Å². The number of ether oxygens (including phenoxy) is 1. The standard InChI is InChI=1S/C11H25NO/c1-5-11(12-6-2)8-7-10(3)9-13-4/h10-12H,5-9H2,1-4H3. The van der Waals surface area contributed by atoms with E-state index in [2.05, 4.69) is 26.1 Å². The molecule has 0 aliphatic heterocycles. The van der Waals surface area contributed by atoms with Crippen LogP contribution in [0.25, 0.3) is 0 Å². The van der Waals surface area contributed by atoms with Crippen molar-refractivity contribution in [2.45, 2.75) is 46.1 Å². The van der Waals surface area contributed by atoms with Gasteiger partial charge in [0.15, 0.2) is 0 Å². The molecule has 2 atom stereocenters. The van der Waals surface area contributed by atoms with Crippen LogP contribution in [-0.4, -0.2) is 26.3 Å². The number of hydrogen-bond acceptors (Lipinski definition) is 2. The van der Waals surface area contributed by atoms with Crippen LogP contribution in [0.4, 0.5) is 0 Å². The highest BCUT2D eigenvalue weighted by atomic mass is 16.5. The molecule has 0 aliphatic carbocycles. The molecule has 0 bridgehead atoms. The maximum atomic E-state index is 5.11. The van der Waals surface area contributed by atoms with Gasteiger partial charge in [0.25, 0.3) is 0 Å². The van der Waals surface area contributed by atoms with Gasteiger partial charge < -0.3 is 10.1 Å². The molecule has 0 aliphatic rings. The van der Waals surface area contributed by atoms with E-state index in [0.717, 1.165) is 13.2 Å². The molecule has 0 saturated carbocycles. The summed E-state index contributed by atoms with van der Waals surface area (Å²) in [6.07, 6.45) is 3.77. The summed E-state index contributed by atoms with van der Waals surface area (Å²) in [5, 5.41) is 3.49. The summed E-state index contributed by atoms with van der Waals surface area (Å²) in [4.78, 5) is 0. The molecule has 0 aromatic carbocycles. The lowest BCUT2D eigenvalue weighted by molar-refractivity contribution is 0.152. The molecule has 1 N–H and O–H groups in total. The van der Waals surface area contributed by atoms with Gasteiger partial charge in [0.2, 0.25) is 0 Å². The van der Waals surface area contributed by atoms with Gasteiger partial charge in [-0.15, -0.1) is 0 Å². The highest BCUT2D eigenvalue weighted by molar-refractivity contribution is 4.65. The first-order valence-corrected chi connectivity index (χ1v) is 5.46. The quantitative estimate of drug-likeness (QED) is 0.630. The Kier molecular flexibility index (Phi) is 8.46. The molecule has 0 aromatic rings. The second-order valence-corrected chi connectivity index (χ2v) is 3.80. The Morgan fingerprint density at radius 2 is 1.92 bits per heavy atom. The van der Waals surface area contributed by atoms with E-state index in [0.29, 0.717) is 12.0 Å². The third-order valence-corrected chi connectivity index (χ3v) is 2.44. The summed E-state index contributed by atoms with van der Waals surface area (Å²) in [6, 6.07) is 0.698. The molecule has 0 heterocycles. The Morgan fingerprint density at radius 1 is 1.23 bits per heavy atom. The third kappa shape index (κ3) is 7.03. The zero-order chi connectivity index (χ0) is 10.1. The smallest absolute Gasteiger partial charge is 0.0487 e. The number of methoxy groups -OCH3 is 1. The second-order valence-electron chi connectivity index (χ2n) is 3.80. The Balaban J connectivity index is 3.46. The van der Waals surface area contributed by atoms with Gasteiger partial charge in [0, 0.05) is 19.8 Å². The van der Waals surface area contributed by atoms with Gasteiger partial charge in [-0.05, 0) is 31.7 Å². The van der Waals surface area contributed by atoms with Crippen LogP contribution in [0.15, 0.2) is 0 Å². The predicted molar refractivity (Wildman–Crippen MR) is 58.0 cm³/mol. The fourth-order valence-electron chi connectivity index (χ4n) is 1.59. The van der Waals surface area contributed by atoms with E-state index >= 15 is 0 Å². The van der Waals surface area contributed by atoms with Crippen LogP contribution in [-0.2, 0) is 4.74 Å². The van der Waals surface area contributed by atoms with E-state index in [4.69, 9.17) is 4.74 Å². The SMILES string of the molecule is CCNC(CC)CCC(C)COC. The van der Waals surface area contributed by atoms with Gasteiger partial charge in [-0.1, -0.05) is 20.8 Å². The predicted octanol–water partition coefficient (Wildman–Crippen LogP) is 2.44. The Labute approximate surface area is 83.1 Å². The summed E-state index contributed by atoms with van der Waals surface area (Å²) in [5.41, 5.74) is 0. The fourth-order valence-corrected chi connectivity index (χ4v) is 1.59. The van der Waals surface area contributed by atoms with Crippen LogP contribution < -0.4 is 5.32 Å². The first kappa shape index (κ1) is 12.9. The van der Waals surface area contributed by atoms with Crippen molar-refractivity contribution in [1.82, 2.24) is 5.32 Å². The normalized spacial score (nSPS) is 15.7. The highest BCUT2D eigenvalue weighted by Gasteiger charge is 2.07. The third-order valence-electron chi connectivity index (χ3n) is 2.44. The van der Waals surface area contributed by atoms with Crippen LogP contribution >= 0.6 is 0 Å². The Bertz CT molecular complexity index is 106. The van der Waals surface area contributed by atoms with E-state index in [1.807, 2.05) is 0 Å². The summed E-state index contributed by atoms with van der Waals surface area (Å²) in [7, 11) is 1.78. The van der Waals surface area contributed by atoms with E-state index in [1.54, 1.807) is 7.11 Å². The van der Waals surface area contributed by atoms with Crippen molar-refractivity contribution in [3.8, 4) is 0 Å². The summed E-state index contributed by atoms with van der Waals surface area (Å²) < 4.78 is 5.11. The molecule has 0 saturated heterocycles. The fraction of sp³-hybridized carbons (Fsp3) is 1.00. The van der Waals surface area contributed by atoms with Gasteiger partial charge in [-0.3, -0.25) is 0 Å². The molecule has 80 valence electrons. The Hall–Kier alpha value is -0.0800. The van der Waals surface area contributed by atoms with Crippen LogP contribution in [0.1, 0.15) is 40.0 Å². The van der Waals surface area contributed by atoms with Crippen molar-refractivity contribution in [1.29, 1.82) is 0 Å². The van der Waals surface area contributed by atoms with E-state index < -0.39 is 0 Å². The molecule has 2 nitrogen and oxygen atoms in total. The first-order valence-electron chi connectivity index (χ1n) is 5.46. The summed E-state index contributed by atoms with van der Waals surface area (Å²) >= 11 is 0. The van der Waals surface area contributed by atoms with Crippen molar-refractivity contribution in [2.75, 3.05) is 20.3 Å². The number of hydrogen-bond donors (Lipinski definition) is 1. The lowest BCUT2D eigenvalue weighted by Gasteiger charge is -2.17. The molecule has 0 rings (SSSR count). The van der Waals surface area contributed by atoms with Crippen molar-refractivity contribution in [3.05, 3.63) is 0 Å². The summed E-state index contributed by atoms with van der Waals surface area (Å²) in [6.45, 7) is 8.64. The molecule has 0 aromatic heterocycles. The maximum Gasteiger partial charge on any atom is 0.0487 e. The average Bonchev–Trinajstić information content (AvgIpc) is 2.12. The van der Waals surface area contributed by atoms with Crippen molar-refractivity contribution in [3.63, 3.8) is 0 Å². The molecule has 0 radical (unpaired) electrons. The lowest BCUT2D eigenvalue weighted by atomic mass is 10.0. The first-order chi connectivity index (χ1) is 6.24. The molecule has 0 spiro atoms. The van der Waals surface area contributed by atoms with Crippen molar-refractivity contribution >= 4 is 0 Å². The van der Waals surface area contributed by atoms with Gasteiger partial charge >= 0.3 is 0 Å². The van der Waals surface area contributed by atoms with Gasteiger partial charge in [0.1, 0.15) is 0 Å². The zero-order valence-electron chi connectivity index (χ0n) is 9.60. The molecule has 2 heteroatoms. The minimum absolute atomic E-state index is 0.692. The van der Waals surface area contributed by atoms with Crippen LogP contribution in [0, 0.1) is 5.92 Å². The molecule has 2 unspecified atom stereocenters. The van der Waals surface area contributed by atoms with E-state index in [1.165, 1.54) is 19.3 Å². The molecule has 13 heavy (non-hydrogen) atoms. The number of nitrogens with one attached hydrogen (secondary N) is 1. The Morgan fingerprint density at radius 3 is 2.38 bits per heavy atom. The van der Waals surface area contributed by atoms with E-state index in [-0.39, 0.29) is 0 Å². The van der Waals surface area contributed by atoms with Crippen molar-refractivity contribution in [2.24, 2.45) is 5.92 Å². The van der Waals surface area contributed by atoms with E-state index in [9.17, 15) is 0 Å². The average molecular weight is 187 g/mol. The van der Waals surface area contributed by atoms with Crippen LogP contribution in [0.2, 0.25) is 0 Å². The van der Waals surface area contributed by atoms with Gasteiger partial charge in [-0.2, -0.15) is 0 Å². The topological polar surface area (TPSA) is 21.3 Å². The van der Waals surface area contributed by atoms with Crippen molar-refractivity contribution < 1.29 is 4.74 Å². The maximum absolute atomic E-state index is 5.11. The van der Waals surface area contributed by atoms with Gasteiger partial charge in [0.05, 0.1) is 0 Å². The van der Waals surface area contributed by atoms with Crippen LogP contribution in [0.3, 0.4) is 0 Å². The second kappa shape index (κ2) is 8.52. The number of rotatable bonds is 8. The molecular weight excluding hydrogens is 162 g/mol.